The number of aromatic carboxylic acids is 1. The molecule has 1 aliphatic heterocycles. The van der Waals surface area contributed by atoms with E-state index in [1.54, 1.807) is 12.1 Å². The number of hydrogen-bond donors (Lipinski definition) is 3. The molecule has 1 fully saturated rings. The van der Waals surface area contributed by atoms with Gasteiger partial charge in [0, 0.05) is 18.3 Å². The summed E-state index contributed by atoms with van der Waals surface area (Å²) in [6.45, 7) is 1.81. The van der Waals surface area contributed by atoms with E-state index in [0.717, 1.165) is 19.5 Å². The van der Waals surface area contributed by atoms with Gasteiger partial charge in [0.05, 0.1) is 5.56 Å². The first kappa shape index (κ1) is 13.4. The van der Waals surface area contributed by atoms with Gasteiger partial charge in [-0.1, -0.05) is 6.07 Å². The monoisotopic (exact) mass is 263 g/mol. The van der Waals surface area contributed by atoms with Crippen LogP contribution in [-0.2, 0) is 0 Å². The molecule has 1 aromatic rings. The number of carboxylic acid groups (broad SMARTS) is 1. The summed E-state index contributed by atoms with van der Waals surface area (Å²) in [5.74, 6) is -1.01. The van der Waals surface area contributed by atoms with E-state index in [1.165, 1.54) is 12.1 Å². The highest BCUT2D eigenvalue weighted by molar-refractivity contribution is 5.93. The molecule has 19 heavy (non-hydrogen) atoms. The van der Waals surface area contributed by atoms with Crippen LogP contribution in [0, 0.1) is 0 Å². The van der Waals surface area contributed by atoms with E-state index in [4.69, 9.17) is 5.11 Å². The summed E-state index contributed by atoms with van der Waals surface area (Å²) in [6.07, 6.45) is 0.930. The van der Waals surface area contributed by atoms with Crippen LogP contribution < -0.4 is 10.6 Å². The molecule has 0 spiro atoms. The average Bonchev–Trinajstić information content (AvgIpc) is 2.74. The van der Waals surface area contributed by atoms with Crippen molar-refractivity contribution in [1.29, 1.82) is 0 Å². The van der Waals surface area contributed by atoms with Gasteiger partial charge in [-0.2, -0.15) is 0 Å². The van der Waals surface area contributed by atoms with Crippen molar-refractivity contribution in [2.45, 2.75) is 12.5 Å². The number of carbonyl (C=O) groups excluding carboxylic acids is 1. The fraction of sp³-hybridized carbons (Fsp3) is 0.385. The molecule has 0 radical (unpaired) electrons. The van der Waals surface area contributed by atoms with E-state index in [9.17, 15) is 9.59 Å². The van der Waals surface area contributed by atoms with Crippen LogP contribution in [0.15, 0.2) is 24.3 Å². The highest BCUT2D eigenvalue weighted by Gasteiger charge is 2.20. The number of likely N-dealkylation sites (tertiary alicyclic amines) is 1. The Hall–Kier alpha value is -2.08. The summed E-state index contributed by atoms with van der Waals surface area (Å²) in [7, 11) is 2.01. The molecule has 102 valence electrons. The topological polar surface area (TPSA) is 81.7 Å². The Morgan fingerprint density at radius 2 is 2.21 bits per heavy atom. The quantitative estimate of drug-likeness (QED) is 0.765. The Morgan fingerprint density at radius 3 is 2.84 bits per heavy atom. The van der Waals surface area contributed by atoms with Crippen molar-refractivity contribution in [1.82, 2.24) is 10.2 Å². The minimum atomic E-state index is -1.01. The lowest BCUT2D eigenvalue weighted by Crippen LogP contribution is -2.39. The summed E-state index contributed by atoms with van der Waals surface area (Å²) in [6, 6.07) is 6.02. The summed E-state index contributed by atoms with van der Waals surface area (Å²) in [5.41, 5.74) is 0.627. The van der Waals surface area contributed by atoms with Crippen LogP contribution in [0.5, 0.6) is 0 Å². The molecular formula is C13H17N3O3. The molecule has 2 rings (SSSR count). The fourth-order valence-corrected chi connectivity index (χ4v) is 2.14. The van der Waals surface area contributed by atoms with Gasteiger partial charge in [-0.05, 0) is 38.2 Å². The van der Waals surface area contributed by atoms with E-state index >= 15 is 0 Å². The van der Waals surface area contributed by atoms with Crippen LogP contribution in [0.4, 0.5) is 10.5 Å². The van der Waals surface area contributed by atoms with Crippen molar-refractivity contribution in [3.8, 4) is 0 Å². The number of carbonyl (C=O) groups is 2. The van der Waals surface area contributed by atoms with Gasteiger partial charge in [-0.3, -0.25) is 0 Å². The maximum Gasteiger partial charge on any atom is 0.335 e. The molecule has 1 unspecified atom stereocenters. The van der Waals surface area contributed by atoms with Crippen molar-refractivity contribution >= 4 is 17.7 Å². The third-order valence-electron chi connectivity index (χ3n) is 3.09. The van der Waals surface area contributed by atoms with Crippen LogP contribution in [-0.4, -0.2) is 48.2 Å². The number of nitrogens with zero attached hydrogens (tertiary/aromatic N) is 1. The third-order valence-corrected chi connectivity index (χ3v) is 3.09. The zero-order chi connectivity index (χ0) is 13.8. The van der Waals surface area contributed by atoms with E-state index in [0.29, 0.717) is 5.69 Å². The summed E-state index contributed by atoms with van der Waals surface area (Å²) in [4.78, 5) is 24.7. The molecule has 2 amide bonds. The number of benzene rings is 1. The Balaban J connectivity index is 1.91. The number of nitrogens with one attached hydrogen (secondary N) is 2. The van der Waals surface area contributed by atoms with E-state index < -0.39 is 5.97 Å². The predicted molar refractivity (Wildman–Crippen MR) is 71.5 cm³/mol. The Bertz CT molecular complexity index is 490. The summed E-state index contributed by atoms with van der Waals surface area (Å²) < 4.78 is 0. The second-order valence-electron chi connectivity index (χ2n) is 4.73. The molecule has 0 saturated carbocycles. The molecule has 0 bridgehead atoms. The zero-order valence-electron chi connectivity index (χ0n) is 10.7. The second kappa shape index (κ2) is 5.71. The normalized spacial score (nSPS) is 19.1. The van der Waals surface area contributed by atoms with Gasteiger partial charge in [-0.25, -0.2) is 9.59 Å². The van der Waals surface area contributed by atoms with E-state index in [-0.39, 0.29) is 17.6 Å². The molecule has 1 aliphatic rings. The van der Waals surface area contributed by atoms with Crippen molar-refractivity contribution < 1.29 is 14.7 Å². The number of hydrogen-bond acceptors (Lipinski definition) is 3. The van der Waals surface area contributed by atoms with Crippen molar-refractivity contribution in [3.63, 3.8) is 0 Å². The lowest BCUT2D eigenvalue weighted by Gasteiger charge is -2.13. The first-order valence-corrected chi connectivity index (χ1v) is 6.14. The molecular weight excluding hydrogens is 246 g/mol. The molecule has 6 heteroatoms. The first-order chi connectivity index (χ1) is 9.04. The Kier molecular flexibility index (Phi) is 4.01. The molecule has 6 nitrogen and oxygen atoms in total. The third kappa shape index (κ3) is 3.69. The second-order valence-corrected chi connectivity index (χ2v) is 4.73. The zero-order valence-corrected chi connectivity index (χ0v) is 10.7. The van der Waals surface area contributed by atoms with E-state index in [1.807, 2.05) is 7.05 Å². The maximum atomic E-state index is 11.8. The van der Waals surface area contributed by atoms with Crippen LogP contribution in [0.1, 0.15) is 16.8 Å². The Morgan fingerprint density at radius 1 is 1.42 bits per heavy atom. The van der Waals surface area contributed by atoms with Crippen LogP contribution in [0.3, 0.4) is 0 Å². The number of rotatable bonds is 3. The van der Waals surface area contributed by atoms with Gasteiger partial charge in [0.1, 0.15) is 0 Å². The lowest BCUT2D eigenvalue weighted by molar-refractivity contribution is 0.0697. The number of urea groups is 1. The lowest BCUT2D eigenvalue weighted by atomic mass is 10.2. The van der Waals surface area contributed by atoms with Gasteiger partial charge < -0.3 is 20.6 Å². The highest BCUT2D eigenvalue weighted by Crippen LogP contribution is 2.11. The summed E-state index contributed by atoms with van der Waals surface area (Å²) in [5, 5.41) is 14.4. The summed E-state index contributed by atoms with van der Waals surface area (Å²) >= 11 is 0. The number of likely N-dealkylation sites (N-methyl/N-ethyl adjacent to an activating group) is 1. The first-order valence-electron chi connectivity index (χ1n) is 6.14. The standard InChI is InChI=1S/C13H17N3O3/c1-16-6-5-11(8-16)15-13(19)14-10-4-2-3-9(7-10)12(17)18/h2-4,7,11H,5-6,8H2,1H3,(H,17,18)(H2,14,15,19). The molecule has 3 N–H and O–H groups in total. The van der Waals surface area contributed by atoms with Gasteiger partial charge >= 0.3 is 12.0 Å². The number of carboxylic acids is 1. The Labute approximate surface area is 111 Å². The molecule has 1 heterocycles. The van der Waals surface area contributed by atoms with Gasteiger partial charge in [0.15, 0.2) is 0 Å². The SMILES string of the molecule is CN1CCC(NC(=O)Nc2cccc(C(=O)O)c2)C1. The molecule has 0 aromatic heterocycles. The van der Waals surface area contributed by atoms with Crippen molar-refractivity contribution in [3.05, 3.63) is 29.8 Å². The van der Waals surface area contributed by atoms with Crippen molar-refractivity contribution in [2.75, 3.05) is 25.5 Å². The molecule has 0 aliphatic carbocycles. The molecule has 1 atom stereocenters. The average molecular weight is 263 g/mol. The molecule has 1 saturated heterocycles. The predicted octanol–water partition coefficient (Wildman–Crippen LogP) is 1.21. The fourth-order valence-electron chi connectivity index (χ4n) is 2.14. The van der Waals surface area contributed by atoms with Gasteiger partial charge in [0.25, 0.3) is 0 Å². The van der Waals surface area contributed by atoms with Gasteiger partial charge in [0.2, 0.25) is 0 Å². The smallest absolute Gasteiger partial charge is 0.335 e. The molecule has 1 aromatic carbocycles. The largest absolute Gasteiger partial charge is 0.478 e. The minimum Gasteiger partial charge on any atom is -0.478 e. The van der Waals surface area contributed by atoms with Crippen LogP contribution in [0.2, 0.25) is 0 Å². The van der Waals surface area contributed by atoms with Crippen molar-refractivity contribution in [2.24, 2.45) is 0 Å². The number of amides is 2. The number of anilines is 1. The minimum absolute atomic E-state index is 0.146. The van der Waals surface area contributed by atoms with Gasteiger partial charge in [-0.15, -0.1) is 0 Å². The van der Waals surface area contributed by atoms with Crippen LogP contribution >= 0.6 is 0 Å². The maximum absolute atomic E-state index is 11.8. The van der Waals surface area contributed by atoms with Crippen LogP contribution in [0.25, 0.3) is 0 Å². The van der Waals surface area contributed by atoms with E-state index in [2.05, 4.69) is 15.5 Å². The highest BCUT2D eigenvalue weighted by atomic mass is 16.4.